The van der Waals surface area contributed by atoms with Gasteiger partial charge in [-0.15, -0.1) is 0 Å². The van der Waals surface area contributed by atoms with Crippen LogP contribution in [-0.2, 0) is 0 Å². The molecular formula is C60H18N18. The maximum absolute atomic E-state index is 10.2. The Hall–Kier alpha value is -13.6. The summed E-state index contributed by atoms with van der Waals surface area (Å²) in [6.07, 6.45) is 0. The molecule has 18 nitrogen and oxygen atoms in total. The van der Waals surface area contributed by atoms with Crippen LogP contribution >= 0.6 is 0 Å². The predicted molar refractivity (Wildman–Crippen MR) is 283 cm³/mol. The van der Waals surface area contributed by atoms with E-state index in [0.717, 1.165) is 0 Å². The van der Waals surface area contributed by atoms with Crippen LogP contribution in [0.3, 0.4) is 0 Å². The van der Waals surface area contributed by atoms with E-state index in [1.165, 1.54) is 72.8 Å². The first-order valence-electron chi connectivity index (χ1n) is 22.4. The molecule has 7 aromatic carbocycles. The van der Waals surface area contributed by atoms with Crippen molar-refractivity contribution in [1.82, 2.24) is 29.9 Å². The number of fused-ring (bicyclic) bond motifs is 6. The number of rotatable bonds is 6. The lowest BCUT2D eigenvalue weighted by Crippen LogP contribution is -2.05. The Morgan fingerprint density at radius 3 is 0.782 bits per heavy atom. The van der Waals surface area contributed by atoms with E-state index in [1.54, 1.807) is 36.4 Å². The van der Waals surface area contributed by atoms with Gasteiger partial charge in [-0.2, -0.15) is 36.8 Å². The molecule has 18 heteroatoms. The summed E-state index contributed by atoms with van der Waals surface area (Å²) < 4.78 is 0. The van der Waals surface area contributed by atoms with Gasteiger partial charge in [0.15, 0.2) is 11.4 Å². The maximum atomic E-state index is 10.2. The molecule has 348 valence electrons. The van der Waals surface area contributed by atoms with Crippen LogP contribution in [0, 0.1) is 112 Å². The van der Waals surface area contributed by atoms with E-state index in [-0.39, 0.29) is 135 Å². The number of aromatic nitrogens is 6. The van der Waals surface area contributed by atoms with E-state index in [4.69, 9.17) is 62.8 Å². The van der Waals surface area contributed by atoms with Gasteiger partial charge in [0.25, 0.3) is 0 Å². The molecule has 0 saturated heterocycles. The summed E-state index contributed by atoms with van der Waals surface area (Å²) in [6.45, 7) is 39.4. The molecule has 78 heavy (non-hydrogen) atoms. The minimum atomic E-state index is -0.0129. The van der Waals surface area contributed by atoms with Crippen LogP contribution in [0.5, 0.6) is 0 Å². The van der Waals surface area contributed by atoms with Crippen molar-refractivity contribution in [2.75, 3.05) is 0 Å². The lowest BCUT2D eigenvalue weighted by Gasteiger charge is -2.18. The summed E-state index contributed by atoms with van der Waals surface area (Å²) in [4.78, 5) is 49.5. The van der Waals surface area contributed by atoms with Crippen molar-refractivity contribution in [3.8, 4) is 110 Å². The summed E-state index contributed by atoms with van der Waals surface area (Å²) in [6, 6.07) is 41.1. The van der Waals surface area contributed by atoms with Crippen LogP contribution in [0.15, 0.2) is 109 Å². The van der Waals surface area contributed by atoms with Crippen molar-refractivity contribution < 1.29 is 0 Å². The van der Waals surface area contributed by atoms with Crippen LogP contribution in [0.4, 0.5) is 28.4 Å². The maximum Gasteiger partial charge on any atom is 0.205 e. The molecule has 0 saturated carbocycles. The van der Waals surface area contributed by atoms with E-state index in [1.807, 2.05) is 24.3 Å². The van der Waals surface area contributed by atoms with Crippen LogP contribution in [0.1, 0.15) is 38.9 Å². The largest absolute Gasteiger partial charge is 0.250 e. The zero-order chi connectivity index (χ0) is 54.8. The highest BCUT2D eigenvalue weighted by Gasteiger charge is 2.27. The summed E-state index contributed by atoms with van der Waals surface area (Å²) in [7, 11) is 0. The second-order valence-electron chi connectivity index (χ2n) is 16.6. The van der Waals surface area contributed by atoms with Gasteiger partial charge in [-0.05, 0) is 59.2 Å². The molecule has 0 bridgehead atoms. The van der Waals surface area contributed by atoms with E-state index in [0.29, 0.717) is 33.4 Å². The minimum Gasteiger partial charge on any atom is -0.250 e. The SMILES string of the molecule is [C-]#[N+]c1ccc(-c2nc3c4nc(-c5ccc(C#N)c([N+]#[C-])c5)c(-c5ccc(C#N)c(C#N)c5)nc4c4nc(-c5ccc(C#N)c(C#N)c5)c(-c5ccc(C#N)c([N+]#[C-])c5)nc4c3nc2-c2ccc([N+]#[C-])c([N+]#[C-])c2)cc1C#N. The molecule has 0 N–H and O–H groups in total. The first-order valence-corrected chi connectivity index (χ1v) is 22.4. The molecule has 0 fully saturated rings. The molecule has 0 radical (unpaired) electrons. The molecule has 0 aliphatic heterocycles. The van der Waals surface area contributed by atoms with Crippen LogP contribution in [0.2, 0.25) is 0 Å². The first-order chi connectivity index (χ1) is 38.1. The Kier molecular flexibility index (Phi) is 12.1. The number of nitrogens with zero attached hydrogens (tertiary/aromatic N) is 18. The topological polar surface area (TPSA) is 266 Å². The van der Waals surface area contributed by atoms with Crippen molar-refractivity contribution in [1.29, 1.82) is 36.8 Å². The number of hydrogen-bond donors (Lipinski definition) is 0. The summed E-state index contributed by atoms with van der Waals surface area (Å²) in [5.74, 6) is 0. The Labute approximate surface area is 441 Å². The molecule has 0 spiro atoms. The van der Waals surface area contributed by atoms with Gasteiger partial charge in [0.1, 0.15) is 57.4 Å². The lowest BCUT2D eigenvalue weighted by molar-refractivity contribution is 1.24. The zero-order valence-electron chi connectivity index (χ0n) is 39.4. The third-order valence-electron chi connectivity index (χ3n) is 12.5. The van der Waals surface area contributed by atoms with Crippen molar-refractivity contribution >= 4 is 61.5 Å². The van der Waals surface area contributed by atoms with Gasteiger partial charge in [0.2, 0.25) is 17.1 Å². The molecule has 0 amide bonds. The number of nitriles is 7. The molecule has 0 unspecified atom stereocenters. The average molecular weight is 991 g/mol. The summed E-state index contributed by atoms with van der Waals surface area (Å²) >= 11 is 0. The van der Waals surface area contributed by atoms with Gasteiger partial charge < -0.3 is 0 Å². The van der Waals surface area contributed by atoms with Gasteiger partial charge in [0.05, 0.1) is 124 Å². The van der Waals surface area contributed by atoms with Crippen LogP contribution < -0.4 is 0 Å². The number of benzene rings is 7. The standard InChI is InChI=1S/C60H18N18/c1-68-44-16-14-33(20-43(44)30-67)51-54(36-15-17-45(69-2)48(23-36)72-5)78-60-57(75-51)58-55(73-49(31-6-10-37(24-61)41(18-31)28-65)52(76-58)34-8-12-39(26-63)46(21-34)70-3)56-59(60)77-53(35-9-13-40(27-64)47(22-35)71-4)50(74-56)32-7-11-38(25-62)42(19-32)29-66/h6-23H. The molecule has 10 aromatic rings. The number of hydrogen-bond acceptors (Lipinski definition) is 13. The fourth-order valence-electron chi connectivity index (χ4n) is 8.72. The molecule has 10 rings (SSSR count). The fraction of sp³-hybridized carbons (Fsp3) is 0. The minimum absolute atomic E-state index is 0.00439. The second-order valence-corrected chi connectivity index (χ2v) is 16.6. The summed E-state index contributed by atoms with van der Waals surface area (Å²) in [5, 5.41) is 70.4. The zero-order valence-corrected chi connectivity index (χ0v) is 39.4. The van der Waals surface area contributed by atoms with Crippen molar-refractivity contribution in [3.63, 3.8) is 0 Å². The van der Waals surface area contributed by atoms with Crippen molar-refractivity contribution in [2.45, 2.75) is 0 Å². The summed E-state index contributed by atoms with van der Waals surface area (Å²) in [5.41, 5.74) is 3.07. The fourth-order valence-corrected chi connectivity index (χ4v) is 8.72. The molecule has 0 aliphatic carbocycles. The smallest absolute Gasteiger partial charge is 0.205 e. The highest BCUT2D eigenvalue weighted by Crippen LogP contribution is 2.44. The Morgan fingerprint density at radius 1 is 0.244 bits per heavy atom. The lowest BCUT2D eigenvalue weighted by atomic mass is 9.97. The first kappa shape index (κ1) is 48.1. The second kappa shape index (κ2) is 19.6. The van der Waals surface area contributed by atoms with Gasteiger partial charge in [-0.1, -0.05) is 66.7 Å². The van der Waals surface area contributed by atoms with E-state index in [9.17, 15) is 36.8 Å². The van der Waals surface area contributed by atoms with Crippen LogP contribution in [0.25, 0.3) is 125 Å². The van der Waals surface area contributed by atoms with Gasteiger partial charge in [0, 0.05) is 16.7 Å². The predicted octanol–water partition coefficient (Wildman–Crippen LogP) is 13.4. The Bertz CT molecular complexity index is 4130. The third-order valence-corrected chi connectivity index (χ3v) is 12.5. The van der Waals surface area contributed by atoms with Crippen molar-refractivity contribution in [3.05, 3.63) is 205 Å². The normalized spacial score (nSPS) is 10.2. The third kappa shape index (κ3) is 7.93. The van der Waals surface area contributed by atoms with Crippen LogP contribution in [-0.4, -0.2) is 29.9 Å². The van der Waals surface area contributed by atoms with E-state index in [2.05, 4.69) is 42.4 Å². The average Bonchev–Trinajstić information content (AvgIpc) is 3.68. The van der Waals surface area contributed by atoms with Crippen molar-refractivity contribution in [2.24, 2.45) is 0 Å². The van der Waals surface area contributed by atoms with E-state index < -0.39 is 0 Å². The molecule has 3 aromatic heterocycles. The quantitative estimate of drug-likeness (QED) is 0.111. The molecule has 0 atom stereocenters. The van der Waals surface area contributed by atoms with E-state index >= 15 is 0 Å². The molecular weight excluding hydrogens is 973 g/mol. The molecule has 0 aliphatic rings. The van der Waals surface area contributed by atoms with Gasteiger partial charge in [-0.3, -0.25) is 9.69 Å². The van der Waals surface area contributed by atoms with Gasteiger partial charge in [-0.25, -0.2) is 44.4 Å². The highest BCUT2D eigenvalue weighted by atomic mass is 14.9. The monoisotopic (exact) mass is 990 g/mol. The Morgan fingerprint density at radius 2 is 0.487 bits per heavy atom. The molecule has 3 heterocycles. The van der Waals surface area contributed by atoms with Gasteiger partial charge >= 0.3 is 0 Å². The highest BCUT2D eigenvalue weighted by molar-refractivity contribution is 6.20. The Balaban J connectivity index is 1.48.